The molecule has 5 rings (SSSR count). The number of nitro groups is 1. The number of nitrogens with one attached hydrogen (secondary N) is 1. The Balaban J connectivity index is 1.49. The van der Waals surface area contributed by atoms with Crippen LogP contribution >= 0.6 is 23.2 Å². The highest BCUT2D eigenvalue weighted by Gasteiger charge is 2.68. The van der Waals surface area contributed by atoms with E-state index < -0.39 is 17.5 Å². The lowest BCUT2D eigenvalue weighted by atomic mass is 9.79. The van der Waals surface area contributed by atoms with Crippen LogP contribution in [0.25, 0.3) is 0 Å². The van der Waals surface area contributed by atoms with E-state index in [4.69, 9.17) is 32.7 Å². The molecule has 0 unspecified atom stereocenters. The number of anilines is 1. The summed E-state index contributed by atoms with van der Waals surface area (Å²) in [4.78, 5) is 27.3. The summed E-state index contributed by atoms with van der Waals surface area (Å²) in [6, 6.07) is 16.6. The lowest BCUT2D eigenvalue weighted by Gasteiger charge is -2.30. The van der Waals surface area contributed by atoms with Crippen LogP contribution in [0.15, 0.2) is 60.7 Å². The standard InChI is InChI=1S/C27H25Cl2N3O5/c1-3-36-24-13-17(9-11-23(24)37-15-16-8-10-20(28)21(29)12-16)18-14-31(2)27(25(18)32(34)35)19-6-4-5-7-22(19)30-26(27)33/h4-13,18,25H,3,14-15H2,1-2H3,(H,30,33)/t18-,25-,27+/m0/s1. The molecule has 1 amide bonds. The first kappa shape index (κ1) is 25.3. The van der Waals surface area contributed by atoms with Crippen LogP contribution < -0.4 is 14.8 Å². The van der Waals surface area contributed by atoms with E-state index in [9.17, 15) is 14.9 Å². The fourth-order valence-electron chi connectivity index (χ4n) is 5.51. The highest BCUT2D eigenvalue weighted by Crippen LogP contribution is 2.52. The van der Waals surface area contributed by atoms with Crippen LogP contribution in [-0.4, -0.2) is 42.0 Å². The van der Waals surface area contributed by atoms with Gasteiger partial charge in [0.05, 0.1) is 22.6 Å². The smallest absolute Gasteiger partial charge is 0.256 e. The van der Waals surface area contributed by atoms with Crippen molar-refractivity contribution in [2.75, 3.05) is 25.5 Å². The Morgan fingerprint density at radius 1 is 1.08 bits per heavy atom. The minimum absolute atomic E-state index is 0.236. The number of amides is 1. The van der Waals surface area contributed by atoms with Crippen LogP contribution in [0.4, 0.5) is 5.69 Å². The lowest BCUT2D eigenvalue weighted by molar-refractivity contribution is -0.534. The number of likely N-dealkylation sites (N-methyl/N-ethyl adjacent to an activating group) is 1. The van der Waals surface area contributed by atoms with Crippen molar-refractivity contribution < 1.29 is 19.2 Å². The van der Waals surface area contributed by atoms with E-state index in [2.05, 4.69) is 5.32 Å². The van der Waals surface area contributed by atoms with Crippen molar-refractivity contribution in [3.05, 3.63) is 97.5 Å². The Kier molecular flexibility index (Phi) is 6.74. The van der Waals surface area contributed by atoms with Gasteiger partial charge in [0.25, 0.3) is 11.9 Å². The predicted octanol–water partition coefficient (Wildman–Crippen LogP) is 5.49. The molecule has 1 spiro atoms. The lowest BCUT2D eigenvalue weighted by Crippen LogP contribution is -2.54. The molecule has 1 saturated heterocycles. The Morgan fingerprint density at radius 3 is 2.59 bits per heavy atom. The van der Waals surface area contributed by atoms with Gasteiger partial charge in [-0.1, -0.05) is 53.5 Å². The van der Waals surface area contributed by atoms with Gasteiger partial charge in [-0.25, -0.2) is 0 Å². The summed E-state index contributed by atoms with van der Waals surface area (Å²) in [7, 11) is 1.76. The van der Waals surface area contributed by atoms with Gasteiger partial charge in [0.1, 0.15) is 6.61 Å². The number of hydrogen-bond acceptors (Lipinski definition) is 6. The SMILES string of the molecule is CCOc1cc([C@@H]2CN(C)[C@@]3(C(=O)Nc4ccccc43)[C@H]2[N+](=O)[O-])ccc1OCc1ccc(Cl)c(Cl)c1. The fraction of sp³-hybridized carbons (Fsp3) is 0.296. The minimum atomic E-state index is -1.40. The minimum Gasteiger partial charge on any atom is -0.490 e. The second-order valence-electron chi connectivity index (χ2n) is 9.16. The van der Waals surface area contributed by atoms with Gasteiger partial charge in [0.2, 0.25) is 0 Å². The number of hydrogen-bond donors (Lipinski definition) is 1. The van der Waals surface area contributed by atoms with Crippen LogP contribution in [-0.2, 0) is 16.9 Å². The van der Waals surface area contributed by atoms with Crippen molar-refractivity contribution in [1.82, 2.24) is 4.90 Å². The van der Waals surface area contributed by atoms with Gasteiger partial charge in [0, 0.05) is 22.7 Å². The molecule has 1 N–H and O–H groups in total. The van der Waals surface area contributed by atoms with Crippen LogP contribution in [0.5, 0.6) is 11.5 Å². The molecule has 3 atom stereocenters. The van der Waals surface area contributed by atoms with E-state index >= 15 is 0 Å². The Hall–Kier alpha value is -3.33. The molecule has 192 valence electrons. The van der Waals surface area contributed by atoms with Crippen molar-refractivity contribution >= 4 is 34.8 Å². The van der Waals surface area contributed by atoms with E-state index in [1.807, 2.05) is 13.0 Å². The first-order valence-electron chi connectivity index (χ1n) is 11.9. The molecule has 2 aliphatic heterocycles. The van der Waals surface area contributed by atoms with E-state index in [0.29, 0.717) is 51.5 Å². The molecule has 10 heteroatoms. The molecule has 3 aromatic carbocycles. The molecule has 0 saturated carbocycles. The topological polar surface area (TPSA) is 93.9 Å². The number of likely N-dealkylation sites (tertiary alicyclic amines) is 1. The fourth-order valence-corrected chi connectivity index (χ4v) is 5.83. The van der Waals surface area contributed by atoms with Crippen LogP contribution in [0.3, 0.4) is 0 Å². The Morgan fingerprint density at radius 2 is 1.86 bits per heavy atom. The second kappa shape index (κ2) is 9.85. The van der Waals surface area contributed by atoms with E-state index in [-0.39, 0.29) is 17.4 Å². The van der Waals surface area contributed by atoms with Gasteiger partial charge in [-0.05, 0) is 55.4 Å². The molecule has 0 aromatic heterocycles. The maximum absolute atomic E-state index is 13.3. The van der Waals surface area contributed by atoms with Gasteiger partial charge in [-0.3, -0.25) is 19.8 Å². The molecule has 0 aliphatic carbocycles. The summed E-state index contributed by atoms with van der Waals surface area (Å²) >= 11 is 12.1. The third-order valence-corrected chi connectivity index (χ3v) is 7.85. The monoisotopic (exact) mass is 541 g/mol. The summed E-state index contributed by atoms with van der Waals surface area (Å²) in [5.41, 5.74) is 1.36. The number of halogens is 2. The summed E-state index contributed by atoms with van der Waals surface area (Å²) in [6.07, 6.45) is 0. The van der Waals surface area contributed by atoms with E-state index in [1.54, 1.807) is 66.5 Å². The quantitative estimate of drug-likeness (QED) is 0.314. The highest BCUT2D eigenvalue weighted by atomic mass is 35.5. The number of nitrogens with zero attached hydrogens (tertiary/aromatic N) is 2. The molecule has 1 fully saturated rings. The van der Waals surface area contributed by atoms with Crippen LogP contribution in [0.1, 0.15) is 29.5 Å². The zero-order chi connectivity index (χ0) is 26.3. The van der Waals surface area contributed by atoms with Crippen LogP contribution in [0.2, 0.25) is 10.0 Å². The van der Waals surface area contributed by atoms with E-state index in [1.165, 1.54) is 0 Å². The normalized spacial score (nSPS) is 22.6. The first-order valence-corrected chi connectivity index (χ1v) is 12.6. The third kappa shape index (κ3) is 4.19. The van der Waals surface area contributed by atoms with Crippen molar-refractivity contribution in [3.8, 4) is 11.5 Å². The van der Waals surface area contributed by atoms with Gasteiger partial charge in [-0.15, -0.1) is 0 Å². The summed E-state index contributed by atoms with van der Waals surface area (Å²) in [6.45, 7) is 2.80. The molecule has 2 heterocycles. The molecule has 0 bridgehead atoms. The van der Waals surface area contributed by atoms with Gasteiger partial charge < -0.3 is 14.8 Å². The maximum atomic E-state index is 13.3. The number of carbonyl (C=O) groups excluding carboxylic acids is 1. The zero-order valence-electron chi connectivity index (χ0n) is 20.2. The third-order valence-electron chi connectivity index (χ3n) is 7.12. The number of benzene rings is 3. The van der Waals surface area contributed by atoms with Crippen molar-refractivity contribution in [3.63, 3.8) is 0 Å². The summed E-state index contributed by atoms with van der Waals surface area (Å²) < 4.78 is 11.9. The molecule has 37 heavy (non-hydrogen) atoms. The highest BCUT2D eigenvalue weighted by molar-refractivity contribution is 6.42. The van der Waals surface area contributed by atoms with Crippen molar-refractivity contribution in [2.45, 2.75) is 31.0 Å². The molecular weight excluding hydrogens is 517 g/mol. The van der Waals surface area contributed by atoms with Gasteiger partial charge in [0.15, 0.2) is 17.0 Å². The molecule has 2 aliphatic rings. The summed E-state index contributed by atoms with van der Waals surface area (Å²) in [5.74, 6) is 0.0358. The van der Waals surface area contributed by atoms with Crippen molar-refractivity contribution in [1.29, 1.82) is 0 Å². The molecular formula is C27H25Cl2N3O5. The van der Waals surface area contributed by atoms with Gasteiger partial charge in [-0.2, -0.15) is 0 Å². The van der Waals surface area contributed by atoms with E-state index in [0.717, 1.165) is 5.56 Å². The molecule has 3 aromatic rings. The van der Waals surface area contributed by atoms with Crippen LogP contribution in [0, 0.1) is 10.1 Å². The van der Waals surface area contributed by atoms with Gasteiger partial charge >= 0.3 is 0 Å². The largest absolute Gasteiger partial charge is 0.490 e. The predicted molar refractivity (Wildman–Crippen MR) is 141 cm³/mol. The average molecular weight is 542 g/mol. The molecule has 0 radical (unpaired) electrons. The second-order valence-corrected chi connectivity index (χ2v) is 9.97. The maximum Gasteiger partial charge on any atom is 0.256 e. The summed E-state index contributed by atoms with van der Waals surface area (Å²) in [5, 5.41) is 16.3. The molecule has 8 nitrogen and oxygen atoms in total. The number of para-hydroxylation sites is 1. The number of fused-ring (bicyclic) bond motifs is 2. The zero-order valence-corrected chi connectivity index (χ0v) is 21.8. The first-order chi connectivity index (χ1) is 17.8. The number of rotatable bonds is 7. The number of carbonyl (C=O) groups is 1. The Bertz CT molecular complexity index is 1380. The number of ether oxygens (including phenoxy) is 2. The van der Waals surface area contributed by atoms with Crippen molar-refractivity contribution in [2.24, 2.45) is 0 Å². The average Bonchev–Trinajstić information content (AvgIpc) is 3.35. The Labute approximate surface area is 224 Å².